The summed E-state index contributed by atoms with van der Waals surface area (Å²) in [5, 5.41) is 9.33. The van der Waals surface area contributed by atoms with E-state index in [1.165, 1.54) is 62.8 Å². The first kappa shape index (κ1) is 29.2. The standard InChI is InChI=1S/C25H18N2O5.C9H16O/c26-15-20-12-13-21(31-24(29)17-6-2-1-3-7-17)27-23(20)32-25(30)19-11-5-10-18(14-19)22(28)16-8-4-9-16;1-2-5-8(4-1)9-6-3-7-10-9/h1-3,5-7,10-14,16H,4,8-9H2;8-9H,1-7H2. The molecule has 1 unspecified atom stereocenters. The zero-order valence-corrected chi connectivity index (χ0v) is 23.5. The summed E-state index contributed by atoms with van der Waals surface area (Å²) in [4.78, 5) is 41.4. The molecule has 8 nitrogen and oxygen atoms in total. The van der Waals surface area contributed by atoms with E-state index in [1.807, 2.05) is 6.07 Å². The Morgan fingerprint density at radius 2 is 1.48 bits per heavy atom. The molecule has 3 aromatic rings. The van der Waals surface area contributed by atoms with Gasteiger partial charge in [-0.15, -0.1) is 0 Å². The molecule has 1 aromatic heterocycles. The highest BCUT2D eigenvalue weighted by Crippen LogP contribution is 2.33. The molecule has 8 heteroatoms. The van der Waals surface area contributed by atoms with Gasteiger partial charge in [0.15, 0.2) is 5.78 Å². The molecule has 42 heavy (non-hydrogen) atoms. The van der Waals surface area contributed by atoms with E-state index in [9.17, 15) is 19.6 Å². The van der Waals surface area contributed by atoms with Gasteiger partial charge in [0.2, 0.25) is 11.8 Å². The molecule has 2 heterocycles. The van der Waals surface area contributed by atoms with Crippen LogP contribution in [0.3, 0.4) is 0 Å². The third-order valence-electron chi connectivity index (χ3n) is 8.10. The molecule has 0 bridgehead atoms. The number of esters is 2. The van der Waals surface area contributed by atoms with E-state index in [4.69, 9.17) is 14.2 Å². The van der Waals surface area contributed by atoms with Gasteiger partial charge in [0, 0.05) is 24.2 Å². The maximum absolute atomic E-state index is 12.7. The fraction of sp³-hybridized carbons (Fsp3) is 0.382. The first-order valence-corrected chi connectivity index (χ1v) is 14.7. The first-order chi connectivity index (χ1) is 20.5. The lowest BCUT2D eigenvalue weighted by Crippen LogP contribution is -2.22. The minimum Gasteiger partial charge on any atom is -0.404 e. The average molecular weight is 567 g/mol. The predicted molar refractivity (Wildman–Crippen MR) is 154 cm³/mol. The maximum Gasteiger partial charge on any atom is 0.344 e. The lowest BCUT2D eigenvalue weighted by atomic mass is 9.80. The van der Waals surface area contributed by atoms with Crippen molar-refractivity contribution < 1.29 is 28.6 Å². The van der Waals surface area contributed by atoms with Crippen molar-refractivity contribution in [3.63, 3.8) is 0 Å². The maximum atomic E-state index is 12.7. The van der Waals surface area contributed by atoms with Crippen LogP contribution in [0.4, 0.5) is 0 Å². The topological polar surface area (TPSA) is 116 Å². The molecule has 1 atom stereocenters. The number of aromatic nitrogens is 1. The minimum absolute atomic E-state index is 0.000408. The van der Waals surface area contributed by atoms with Crippen LogP contribution >= 0.6 is 0 Å². The van der Waals surface area contributed by atoms with E-state index >= 15 is 0 Å². The molecule has 2 aliphatic carbocycles. The highest BCUT2D eigenvalue weighted by atomic mass is 16.6. The van der Waals surface area contributed by atoms with Crippen molar-refractivity contribution >= 4 is 17.7 Å². The summed E-state index contributed by atoms with van der Waals surface area (Å²) in [7, 11) is 0. The van der Waals surface area contributed by atoms with E-state index in [0.717, 1.165) is 31.8 Å². The Labute approximate surface area is 245 Å². The van der Waals surface area contributed by atoms with E-state index in [-0.39, 0.29) is 34.6 Å². The molecule has 3 aliphatic rings. The molecule has 1 saturated heterocycles. The molecule has 0 N–H and O–H groups in total. The quantitative estimate of drug-likeness (QED) is 0.228. The second kappa shape index (κ2) is 14.0. The Hall–Kier alpha value is -4.35. The van der Waals surface area contributed by atoms with Crippen molar-refractivity contribution in [2.75, 3.05) is 6.61 Å². The molecule has 2 aromatic carbocycles. The highest BCUT2D eigenvalue weighted by molar-refractivity contribution is 6.01. The summed E-state index contributed by atoms with van der Waals surface area (Å²) in [5.74, 6) is -0.865. The lowest BCUT2D eigenvalue weighted by Gasteiger charge is -2.23. The SMILES string of the molecule is C1CCC(C2CCCO2)C1.N#Cc1ccc(OC(=O)c2ccccc2)nc1OC(=O)c1cccc(C(=O)C2CCC2)c1. The van der Waals surface area contributed by atoms with Gasteiger partial charge in [-0.25, -0.2) is 9.59 Å². The number of nitrogens with zero attached hydrogens (tertiary/aromatic N) is 2. The van der Waals surface area contributed by atoms with Crippen molar-refractivity contribution in [1.29, 1.82) is 5.26 Å². The summed E-state index contributed by atoms with van der Waals surface area (Å²) in [5.41, 5.74) is 0.931. The van der Waals surface area contributed by atoms with Crippen molar-refractivity contribution in [3.05, 3.63) is 89.0 Å². The molecule has 0 amide bonds. The third-order valence-corrected chi connectivity index (χ3v) is 8.10. The van der Waals surface area contributed by atoms with Gasteiger partial charge in [0.05, 0.1) is 17.2 Å². The normalized spacial score (nSPS) is 18.2. The summed E-state index contributed by atoms with van der Waals surface area (Å²) >= 11 is 0. The summed E-state index contributed by atoms with van der Waals surface area (Å²) in [6, 6.07) is 19.2. The van der Waals surface area contributed by atoms with Crippen molar-refractivity contribution in [1.82, 2.24) is 4.98 Å². The van der Waals surface area contributed by atoms with Crippen LogP contribution in [0.15, 0.2) is 66.7 Å². The number of rotatable bonds is 7. The van der Waals surface area contributed by atoms with Crippen LogP contribution in [0.1, 0.15) is 94.4 Å². The van der Waals surface area contributed by atoms with Crippen molar-refractivity contribution in [3.8, 4) is 17.8 Å². The molecule has 0 spiro atoms. The Balaban J connectivity index is 0.000000295. The fourth-order valence-corrected chi connectivity index (χ4v) is 5.53. The van der Waals surface area contributed by atoms with Gasteiger partial charge in [0.25, 0.3) is 0 Å². The number of carbonyl (C=O) groups is 3. The number of ether oxygens (including phenoxy) is 3. The van der Waals surface area contributed by atoms with Gasteiger partial charge in [0.1, 0.15) is 11.6 Å². The molecule has 0 radical (unpaired) electrons. The molecule has 3 fully saturated rings. The van der Waals surface area contributed by atoms with Crippen molar-refractivity contribution in [2.45, 2.75) is 63.9 Å². The Morgan fingerprint density at radius 1 is 0.762 bits per heavy atom. The minimum atomic E-state index is -0.774. The van der Waals surface area contributed by atoms with Gasteiger partial charge in [-0.2, -0.15) is 10.2 Å². The predicted octanol–water partition coefficient (Wildman–Crippen LogP) is 6.73. The van der Waals surface area contributed by atoms with Gasteiger partial charge in [-0.05, 0) is 74.8 Å². The number of hydrogen-bond donors (Lipinski definition) is 0. The average Bonchev–Trinajstić information content (AvgIpc) is 3.72. The zero-order valence-electron chi connectivity index (χ0n) is 23.5. The lowest BCUT2D eigenvalue weighted by molar-refractivity contribution is 0.0654. The molecular formula is C34H34N2O6. The number of benzene rings is 2. The third kappa shape index (κ3) is 7.29. The van der Waals surface area contributed by atoms with Crippen LogP contribution in [0.25, 0.3) is 0 Å². The fourth-order valence-electron chi connectivity index (χ4n) is 5.53. The highest BCUT2D eigenvalue weighted by Gasteiger charge is 2.28. The number of pyridine rings is 1. The monoisotopic (exact) mass is 566 g/mol. The zero-order chi connectivity index (χ0) is 29.3. The van der Waals surface area contributed by atoms with E-state index in [0.29, 0.717) is 17.2 Å². The van der Waals surface area contributed by atoms with Crippen LogP contribution in [-0.2, 0) is 4.74 Å². The van der Waals surface area contributed by atoms with Crippen LogP contribution in [0.2, 0.25) is 0 Å². The number of nitriles is 1. The number of ketones is 1. The summed E-state index contributed by atoms with van der Waals surface area (Å²) in [6.07, 6.45) is 11.8. The Kier molecular flexibility index (Phi) is 9.73. The first-order valence-electron chi connectivity index (χ1n) is 14.7. The Bertz CT molecular complexity index is 1430. The molecular weight excluding hydrogens is 532 g/mol. The van der Waals surface area contributed by atoms with Crippen LogP contribution in [0, 0.1) is 23.2 Å². The molecule has 1 aliphatic heterocycles. The molecule has 6 rings (SSSR count). The van der Waals surface area contributed by atoms with E-state index in [1.54, 1.807) is 42.5 Å². The second-order valence-electron chi connectivity index (χ2n) is 10.9. The van der Waals surface area contributed by atoms with E-state index in [2.05, 4.69) is 4.98 Å². The van der Waals surface area contributed by atoms with Gasteiger partial charge in [-0.3, -0.25) is 4.79 Å². The molecule has 2 saturated carbocycles. The summed E-state index contributed by atoms with van der Waals surface area (Å²) < 4.78 is 16.2. The largest absolute Gasteiger partial charge is 0.404 e. The van der Waals surface area contributed by atoms with E-state index < -0.39 is 11.9 Å². The smallest absolute Gasteiger partial charge is 0.344 e. The Morgan fingerprint density at radius 3 is 2.14 bits per heavy atom. The number of hydrogen-bond acceptors (Lipinski definition) is 8. The van der Waals surface area contributed by atoms with Crippen LogP contribution < -0.4 is 9.47 Å². The van der Waals surface area contributed by atoms with Gasteiger partial charge in [-0.1, -0.05) is 49.6 Å². The second-order valence-corrected chi connectivity index (χ2v) is 10.9. The summed E-state index contributed by atoms with van der Waals surface area (Å²) in [6.45, 7) is 1.03. The van der Waals surface area contributed by atoms with Gasteiger partial charge >= 0.3 is 11.9 Å². The molecule has 216 valence electrons. The van der Waals surface area contributed by atoms with Crippen molar-refractivity contribution in [2.24, 2.45) is 11.8 Å². The van der Waals surface area contributed by atoms with Gasteiger partial charge < -0.3 is 14.2 Å². The number of carbonyl (C=O) groups excluding carboxylic acids is 3. The van der Waals surface area contributed by atoms with Crippen LogP contribution in [0.5, 0.6) is 11.8 Å². The van der Waals surface area contributed by atoms with Crippen LogP contribution in [-0.4, -0.2) is 35.4 Å². The number of Topliss-reactive ketones (excluding diaryl/α,β-unsaturated/α-hetero) is 1.